The molecule has 2 N–H and O–H groups in total. The molecule has 1 aromatic carbocycles. The fraction of sp³-hybridized carbons (Fsp3) is 0.476. The standard InChI is InChI=1S/C21H26N4O3S/c1-14-6-2-5-9-17(14)28-13-19(26)25-11-10-16-18(12-25)29-21(23-16)24-20(27)22-15-7-3-4-8-15/h2,5-6,9,15H,3-4,7-8,10-13H2,1H3,(H2,22,23,24,27). The van der Waals surface area contributed by atoms with E-state index in [-0.39, 0.29) is 24.6 Å². The van der Waals surface area contributed by atoms with Gasteiger partial charge in [0.05, 0.1) is 12.2 Å². The number of nitrogens with zero attached hydrogens (tertiary/aromatic N) is 2. The molecule has 0 unspecified atom stereocenters. The van der Waals surface area contributed by atoms with Crippen LogP contribution in [0.4, 0.5) is 9.93 Å². The molecule has 0 atom stereocenters. The number of hydrogen-bond acceptors (Lipinski definition) is 5. The third kappa shape index (κ3) is 4.87. The molecule has 0 bridgehead atoms. The van der Waals surface area contributed by atoms with Gasteiger partial charge in [-0.15, -0.1) is 0 Å². The predicted molar refractivity (Wildman–Crippen MR) is 112 cm³/mol. The molecule has 0 radical (unpaired) electrons. The lowest BCUT2D eigenvalue weighted by molar-refractivity contribution is -0.134. The highest BCUT2D eigenvalue weighted by molar-refractivity contribution is 7.15. The van der Waals surface area contributed by atoms with Crippen molar-refractivity contribution in [3.63, 3.8) is 0 Å². The van der Waals surface area contributed by atoms with Crippen LogP contribution in [0, 0.1) is 6.92 Å². The van der Waals surface area contributed by atoms with Crippen molar-refractivity contribution < 1.29 is 14.3 Å². The van der Waals surface area contributed by atoms with E-state index in [0.717, 1.165) is 34.7 Å². The summed E-state index contributed by atoms with van der Waals surface area (Å²) in [6.45, 7) is 3.10. The number of aromatic nitrogens is 1. The van der Waals surface area contributed by atoms with E-state index in [1.165, 1.54) is 24.2 Å². The van der Waals surface area contributed by atoms with Crippen molar-refractivity contribution in [2.45, 2.75) is 51.6 Å². The number of thiazole rings is 1. The molecule has 1 aromatic heterocycles. The molecule has 29 heavy (non-hydrogen) atoms. The first-order chi connectivity index (χ1) is 14.1. The first-order valence-electron chi connectivity index (χ1n) is 10.1. The fourth-order valence-corrected chi connectivity index (χ4v) is 4.82. The van der Waals surface area contributed by atoms with Crippen LogP contribution in [0.15, 0.2) is 24.3 Å². The number of anilines is 1. The Balaban J connectivity index is 1.30. The van der Waals surface area contributed by atoms with Crippen molar-refractivity contribution in [1.82, 2.24) is 15.2 Å². The van der Waals surface area contributed by atoms with Crippen LogP contribution in [-0.2, 0) is 17.8 Å². The summed E-state index contributed by atoms with van der Waals surface area (Å²) >= 11 is 1.44. The maximum Gasteiger partial charge on any atom is 0.321 e. The van der Waals surface area contributed by atoms with Gasteiger partial charge in [-0.2, -0.15) is 0 Å². The van der Waals surface area contributed by atoms with Crippen LogP contribution in [0.5, 0.6) is 5.75 Å². The van der Waals surface area contributed by atoms with Crippen LogP contribution >= 0.6 is 11.3 Å². The van der Waals surface area contributed by atoms with Crippen molar-refractivity contribution >= 4 is 28.4 Å². The highest BCUT2D eigenvalue weighted by Crippen LogP contribution is 2.28. The topological polar surface area (TPSA) is 83.6 Å². The minimum absolute atomic E-state index is 0.0217. The smallest absolute Gasteiger partial charge is 0.321 e. The van der Waals surface area contributed by atoms with Gasteiger partial charge in [0.25, 0.3) is 5.91 Å². The molecule has 2 aromatic rings. The van der Waals surface area contributed by atoms with E-state index in [2.05, 4.69) is 15.6 Å². The molecule has 3 amide bonds. The average Bonchev–Trinajstić information content (AvgIpc) is 3.35. The summed E-state index contributed by atoms with van der Waals surface area (Å²) in [5.74, 6) is 0.692. The Morgan fingerprint density at radius 2 is 2.07 bits per heavy atom. The Morgan fingerprint density at radius 1 is 1.28 bits per heavy atom. The van der Waals surface area contributed by atoms with Crippen LogP contribution in [0.25, 0.3) is 0 Å². The van der Waals surface area contributed by atoms with Crippen LogP contribution < -0.4 is 15.4 Å². The Morgan fingerprint density at radius 3 is 2.86 bits per heavy atom. The summed E-state index contributed by atoms with van der Waals surface area (Å²) in [4.78, 5) is 32.1. The average molecular weight is 415 g/mol. The summed E-state index contributed by atoms with van der Waals surface area (Å²) in [5.41, 5.74) is 1.98. The second-order valence-corrected chi connectivity index (χ2v) is 8.67. The first-order valence-corrected chi connectivity index (χ1v) is 10.9. The Labute approximate surface area is 174 Å². The maximum atomic E-state index is 12.6. The third-order valence-electron chi connectivity index (χ3n) is 5.44. The molecular weight excluding hydrogens is 388 g/mol. The SMILES string of the molecule is Cc1ccccc1OCC(=O)N1CCc2nc(NC(=O)NC3CCCC3)sc2C1. The van der Waals surface area contributed by atoms with Gasteiger partial charge in [0, 0.05) is 23.9 Å². The molecule has 1 saturated carbocycles. The van der Waals surface area contributed by atoms with Gasteiger partial charge >= 0.3 is 6.03 Å². The zero-order valence-corrected chi connectivity index (χ0v) is 17.4. The van der Waals surface area contributed by atoms with Crippen LogP contribution in [-0.4, -0.2) is 41.0 Å². The number of carbonyl (C=O) groups excluding carboxylic acids is 2. The van der Waals surface area contributed by atoms with Gasteiger partial charge in [-0.05, 0) is 31.4 Å². The monoisotopic (exact) mass is 414 g/mol. The number of benzene rings is 1. The summed E-state index contributed by atoms with van der Waals surface area (Å²) in [6.07, 6.45) is 5.13. The number of amides is 3. The lowest BCUT2D eigenvalue weighted by Crippen LogP contribution is -2.38. The number of carbonyl (C=O) groups is 2. The van der Waals surface area contributed by atoms with Crippen molar-refractivity contribution in [1.29, 1.82) is 0 Å². The van der Waals surface area contributed by atoms with Crippen molar-refractivity contribution in [3.05, 3.63) is 40.4 Å². The van der Waals surface area contributed by atoms with Gasteiger partial charge in [0.2, 0.25) is 0 Å². The number of nitrogens with one attached hydrogen (secondary N) is 2. The van der Waals surface area contributed by atoms with Gasteiger partial charge in [0.1, 0.15) is 5.75 Å². The number of ether oxygens (including phenoxy) is 1. The summed E-state index contributed by atoms with van der Waals surface area (Å²) in [6, 6.07) is 7.75. The minimum Gasteiger partial charge on any atom is -0.484 e. The molecule has 4 rings (SSSR count). The molecule has 0 saturated heterocycles. The van der Waals surface area contributed by atoms with Crippen LogP contribution in [0.1, 0.15) is 41.8 Å². The van der Waals surface area contributed by atoms with E-state index >= 15 is 0 Å². The molecule has 2 aliphatic rings. The number of fused-ring (bicyclic) bond motifs is 1. The lowest BCUT2D eigenvalue weighted by atomic mass is 10.2. The van der Waals surface area contributed by atoms with Gasteiger partial charge in [-0.3, -0.25) is 10.1 Å². The Kier molecular flexibility index (Phi) is 5.99. The highest BCUT2D eigenvalue weighted by Gasteiger charge is 2.25. The zero-order valence-electron chi connectivity index (χ0n) is 16.6. The van der Waals surface area contributed by atoms with Gasteiger partial charge in [0.15, 0.2) is 11.7 Å². The normalized spacial score (nSPS) is 16.4. The number of hydrogen-bond donors (Lipinski definition) is 2. The van der Waals surface area contributed by atoms with Crippen LogP contribution in [0.3, 0.4) is 0 Å². The number of para-hydroxylation sites is 1. The van der Waals surface area contributed by atoms with Gasteiger partial charge < -0.3 is 15.0 Å². The Bertz CT molecular complexity index is 892. The third-order valence-corrected chi connectivity index (χ3v) is 6.44. The minimum atomic E-state index is -0.192. The summed E-state index contributed by atoms with van der Waals surface area (Å²) in [7, 11) is 0. The van der Waals surface area contributed by atoms with Crippen molar-refractivity contribution in [2.75, 3.05) is 18.5 Å². The molecular formula is C21H26N4O3S. The largest absolute Gasteiger partial charge is 0.484 e. The lowest BCUT2D eigenvalue weighted by Gasteiger charge is -2.26. The molecule has 1 aliphatic carbocycles. The number of rotatable bonds is 5. The Hall–Kier alpha value is -2.61. The second-order valence-electron chi connectivity index (χ2n) is 7.59. The van der Waals surface area contributed by atoms with E-state index in [4.69, 9.17) is 4.74 Å². The molecule has 1 fully saturated rings. The maximum absolute atomic E-state index is 12.6. The van der Waals surface area contributed by atoms with Gasteiger partial charge in [-0.25, -0.2) is 9.78 Å². The zero-order chi connectivity index (χ0) is 20.2. The van der Waals surface area contributed by atoms with E-state index in [1.54, 1.807) is 4.90 Å². The van der Waals surface area contributed by atoms with Crippen LogP contribution in [0.2, 0.25) is 0 Å². The van der Waals surface area contributed by atoms with E-state index in [0.29, 0.717) is 24.6 Å². The van der Waals surface area contributed by atoms with Crippen molar-refractivity contribution in [3.8, 4) is 5.75 Å². The quantitative estimate of drug-likeness (QED) is 0.785. The highest BCUT2D eigenvalue weighted by atomic mass is 32.1. The molecule has 8 heteroatoms. The number of aryl methyl sites for hydroxylation is 1. The molecule has 0 spiro atoms. The summed E-state index contributed by atoms with van der Waals surface area (Å²) in [5, 5.41) is 6.45. The van der Waals surface area contributed by atoms with Gasteiger partial charge in [-0.1, -0.05) is 42.4 Å². The first kappa shape index (κ1) is 19.7. The second kappa shape index (κ2) is 8.82. The van der Waals surface area contributed by atoms with E-state index < -0.39 is 0 Å². The van der Waals surface area contributed by atoms with E-state index in [1.807, 2.05) is 31.2 Å². The molecule has 1 aliphatic heterocycles. The molecule has 2 heterocycles. The molecule has 7 nitrogen and oxygen atoms in total. The predicted octanol–water partition coefficient (Wildman–Crippen LogP) is 3.48. The number of urea groups is 1. The van der Waals surface area contributed by atoms with Crippen molar-refractivity contribution in [2.24, 2.45) is 0 Å². The summed E-state index contributed by atoms with van der Waals surface area (Å²) < 4.78 is 5.69. The van der Waals surface area contributed by atoms with E-state index in [9.17, 15) is 9.59 Å². The fourth-order valence-electron chi connectivity index (χ4n) is 3.80. The molecule has 154 valence electrons.